The summed E-state index contributed by atoms with van der Waals surface area (Å²) in [5.74, 6) is 1.82. The van der Waals surface area contributed by atoms with E-state index in [0.29, 0.717) is 19.3 Å². The Hall–Kier alpha value is -2.04. The smallest absolute Gasteiger partial charge is 0.119 e. The molecule has 1 aliphatic heterocycles. The normalized spacial score (nSPS) is 18.0. The van der Waals surface area contributed by atoms with Crippen LogP contribution in [0.3, 0.4) is 0 Å². The molecule has 1 N–H and O–H groups in total. The summed E-state index contributed by atoms with van der Waals surface area (Å²) in [6.45, 7) is 5.77. The molecule has 1 atom stereocenters. The summed E-state index contributed by atoms with van der Waals surface area (Å²) in [7, 11) is 0. The summed E-state index contributed by atoms with van der Waals surface area (Å²) in [4.78, 5) is 2.47. The van der Waals surface area contributed by atoms with Crippen molar-refractivity contribution in [2.24, 2.45) is 5.41 Å². The average Bonchev–Trinajstić information content (AvgIpc) is 2.74. The maximum atomic E-state index is 10.0. The van der Waals surface area contributed by atoms with Crippen molar-refractivity contribution in [1.29, 1.82) is 0 Å². The molecule has 0 saturated carbocycles. The summed E-state index contributed by atoms with van der Waals surface area (Å²) in [5.41, 5.74) is -0.0225. The van der Waals surface area contributed by atoms with Crippen LogP contribution >= 0.6 is 0 Å². The maximum absolute atomic E-state index is 10.0. The lowest BCUT2D eigenvalue weighted by molar-refractivity contribution is 0.00819. The Morgan fingerprint density at radius 3 is 2.04 bits per heavy atom. The number of rotatable bonds is 9. The molecule has 3 rings (SSSR count). The van der Waals surface area contributed by atoms with Crippen molar-refractivity contribution in [2.75, 3.05) is 32.9 Å². The molecule has 0 spiro atoms. The molecule has 0 amide bonds. The highest BCUT2D eigenvalue weighted by atomic mass is 16.5. The molecular formula is C23H31NO3. The zero-order valence-electron chi connectivity index (χ0n) is 16.2. The van der Waals surface area contributed by atoms with Crippen molar-refractivity contribution in [2.45, 2.75) is 32.2 Å². The molecule has 1 saturated heterocycles. The number of ether oxygens (including phenoxy) is 2. The molecule has 0 aromatic heterocycles. The Kier molecular flexibility index (Phi) is 7.13. The van der Waals surface area contributed by atoms with Crippen LogP contribution in [0.5, 0.6) is 11.5 Å². The highest BCUT2D eigenvalue weighted by molar-refractivity contribution is 5.21. The van der Waals surface area contributed by atoms with E-state index in [9.17, 15) is 5.11 Å². The molecule has 27 heavy (non-hydrogen) atoms. The molecule has 1 aliphatic rings. The molecule has 2 aromatic carbocycles. The first-order chi connectivity index (χ1) is 13.2. The van der Waals surface area contributed by atoms with Crippen LogP contribution in [0.15, 0.2) is 60.7 Å². The second-order valence-corrected chi connectivity index (χ2v) is 7.58. The van der Waals surface area contributed by atoms with E-state index in [2.05, 4.69) is 11.8 Å². The summed E-state index contributed by atoms with van der Waals surface area (Å²) in [6.07, 6.45) is 2.88. The lowest BCUT2D eigenvalue weighted by Gasteiger charge is -2.42. The first kappa shape index (κ1) is 19.7. The third kappa shape index (κ3) is 5.72. The number of piperidine rings is 1. The van der Waals surface area contributed by atoms with Gasteiger partial charge in [-0.3, -0.25) is 4.90 Å². The van der Waals surface area contributed by atoms with Crippen LogP contribution in [0.2, 0.25) is 0 Å². The van der Waals surface area contributed by atoms with E-state index in [1.54, 1.807) is 0 Å². The number of nitrogens with zero attached hydrogens (tertiary/aromatic N) is 1. The molecule has 0 bridgehead atoms. The third-order valence-corrected chi connectivity index (χ3v) is 5.70. The number of para-hydroxylation sites is 2. The van der Waals surface area contributed by atoms with E-state index >= 15 is 0 Å². The predicted molar refractivity (Wildman–Crippen MR) is 108 cm³/mol. The Morgan fingerprint density at radius 1 is 0.926 bits per heavy atom. The fourth-order valence-electron chi connectivity index (χ4n) is 3.67. The Labute approximate surface area is 162 Å². The van der Waals surface area contributed by atoms with Crippen molar-refractivity contribution in [3.05, 3.63) is 60.7 Å². The van der Waals surface area contributed by atoms with E-state index in [4.69, 9.17) is 9.47 Å². The van der Waals surface area contributed by atoms with Crippen molar-refractivity contribution >= 4 is 0 Å². The molecule has 0 aliphatic carbocycles. The third-order valence-electron chi connectivity index (χ3n) is 5.70. The topological polar surface area (TPSA) is 41.9 Å². The zero-order chi connectivity index (χ0) is 19.0. The van der Waals surface area contributed by atoms with Crippen LogP contribution in [-0.2, 0) is 0 Å². The van der Waals surface area contributed by atoms with Gasteiger partial charge in [-0.1, -0.05) is 36.4 Å². The van der Waals surface area contributed by atoms with E-state index in [1.165, 1.54) is 0 Å². The number of benzene rings is 2. The van der Waals surface area contributed by atoms with Gasteiger partial charge >= 0.3 is 0 Å². The molecule has 4 nitrogen and oxygen atoms in total. The first-order valence-electron chi connectivity index (χ1n) is 9.91. The molecule has 146 valence electrons. The predicted octanol–water partition coefficient (Wildman–Crippen LogP) is 4.00. The monoisotopic (exact) mass is 369 g/mol. The van der Waals surface area contributed by atoms with Crippen molar-refractivity contribution in [3.63, 3.8) is 0 Å². The van der Waals surface area contributed by atoms with Crippen LogP contribution in [-0.4, -0.2) is 49.0 Å². The summed E-state index contributed by atoms with van der Waals surface area (Å²) in [6, 6.07) is 20.2. The lowest BCUT2D eigenvalue weighted by atomic mass is 9.76. The van der Waals surface area contributed by atoms with Crippen LogP contribution in [0.25, 0.3) is 0 Å². The minimum atomic E-state index is -0.0225. The Bertz CT molecular complexity index is 654. The summed E-state index contributed by atoms with van der Waals surface area (Å²) >= 11 is 0. The van der Waals surface area contributed by atoms with Gasteiger partial charge in [0.05, 0.1) is 6.61 Å². The van der Waals surface area contributed by atoms with Crippen LogP contribution in [0.1, 0.15) is 26.2 Å². The number of likely N-dealkylation sites (tertiary alicyclic amines) is 1. The molecule has 0 radical (unpaired) electrons. The van der Waals surface area contributed by atoms with E-state index < -0.39 is 0 Å². The van der Waals surface area contributed by atoms with E-state index in [0.717, 1.165) is 43.9 Å². The van der Waals surface area contributed by atoms with Crippen molar-refractivity contribution < 1.29 is 14.6 Å². The Balaban J connectivity index is 1.42. The van der Waals surface area contributed by atoms with Gasteiger partial charge in [0.15, 0.2) is 0 Å². The molecule has 1 fully saturated rings. The highest BCUT2D eigenvalue weighted by Crippen LogP contribution is 2.35. The van der Waals surface area contributed by atoms with Crippen molar-refractivity contribution in [1.82, 2.24) is 4.90 Å². The fourth-order valence-corrected chi connectivity index (χ4v) is 3.67. The lowest BCUT2D eigenvalue weighted by Crippen LogP contribution is -2.47. The number of aliphatic hydroxyl groups is 1. The summed E-state index contributed by atoms with van der Waals surface area (Å²) in [5, 5.41) is 10.0. The zero-order valence-corrected chi connectivity index (χ0v) is 16.2. The molecular weight excluding hydrogens is 338 g/mol. The second-order valence-electron chi connectivity index (χ2n) is 7.58. The van der Waals surface area contributed by atoms with Gasteiger partial charge in [-0.15, -0.1) is 0 Å². The van der Waals surface area contributed by atoms with Gasteiger partial charge in [-0.2, -0.15) is 0 Å². The maximum Gasteiger partial charge on any atom is 0.119 e. The van der Waals surface area contributed by atoms with Gasteiger partial charge < -0.3 is 14.6 Å². The summed E-state index contributed by atoms with van der Waals surface area (Å²) < 4.78 is 11.8. The first-order valence-corrected chi connectivity index (χ1v) is 9.91. The second kappa shape index (κ2) is 9.77. The van der Waals surface area contributed by atoms with Gasteiger partial charge in [-0.25, -0.2) is 0 Å². The average molecular weight is 370 g/mol. The van der Waals surface area contributed by atoms with Gasteiger partial charge in [0, 0.05) is 12.6 Å². The molecule has 2 aromatic rings. The minimum absolute atomic E-state index is 0.0225. The van der Waals surface area contributed by atoms with Gasteiger partial charge in [0.25, 0.3) is 0 Å². The van der Waals surface area contributed by atoms with Gasteiger partial charge in [0.1, 0.15) is 18.1 Å². The molecule has 0 unspecified atom stereocenters. The number of hydrogen-bond acceptors (Lipinski definition) is 4. The fraction of sp³-hybridized carbons (Fsp3) is 0.478. The quantitative estimate of drug-likeness (QED) is 0.725. The van der Waals surface area contributed by atoms with Gasteiger partial charge in [0.2, 0.25) is 0 Å². The molecule has 4 heteroatoms. The largest absolute Gasteiger partial charge is 0.494 e. The van der Waals surface area contributed by atoms with Crippen LogP contribution in [0, 0.1) is 5.41 Å². The molecule has 1 heterocycles. The number of hydrogen-bond donors (Lipinski definition) is 1. The van der Waals surface area contributed by atoms with Gasteiger partial charge in [-0.05, 0) is 69.0 Å². The SMILES string of the molecule is C[C@@H](COc1ccccc1)N1CCC(CO)(CCOc2ccccc2)CC1. The standard InChI is InChI=1S/C23H31NO3/c1-20(18-27-22-10-6-3-7-11-22)24-15-12-23(19-25,13-16-24)14-17-26-21-8-4-2-5-9-21/h2-11,20,25H,12-19H2,1H3/t20-/m0/s1. The highest BCUT2D eigenvalue weighted by Gasteiger charge is 2.35. The van der Waals surface area contributed by atoms with E-state index in [1.807, 2.05) is 60.7 Å². The van der Waals surface area contributed by atoms with Crippen LogP contribution < -0.4 is 9.47 Å². The number of aliphatic hydroxyl groups excluding tert-OH is 1. The Morgan fingerprint density at radius 2 is 1.48 bits per heavy atom. The minimum Gasteiger partial charge on any atom is -0.494 e. The van der Waals surface area contributed by atoms with E-state index in [-0.39, 0.29) is 12.0 Å². The van der Waals surface area contributed by atoms with Crippen molar-refractivity contribution in [3.8, 4) is 11.5 Å². The van der Waals surface area contributed by atoms with Crippen LogP contribution in [0.4, 0.5) is 0 Å².